The molecule has 0 N–H and O–H groups in total. The molecule has 0 aliphatic carbocycles. The van der Waals surface area contributed by atoms with E-state index in [0.29, 0.717) is 12.6 Å². The molecular formula is C33H35N3O. The van der Waals surface area contributed by atoms with Gasteiger partial charge in [0, 0.05) is 49.8 Å². The van der Waals surface area contributed by atoms with Crippen molar-refractivity contribution in [3.63, 3.8) is 0 Å². The second-order valence-electron chi connectivity index (χ2n) is 9.97. The third kappa shape index (κ3) is 5.35. The van der Waals surface area contributed by atoms with Gasteiger partial charge in [-0.25, -0.2) is 0 Å². The number of aryl methyl sites for hydroxylation is 1. The number of hydrogen-bond donors (Lipinski definition) is 0. The maximum atomic E-state index is 6.17. The summed E-state index contributed by atoms with van der Waals surface area (Å²) in [5, 5.41) is 0. The van der Waals surface area contributed by atoms with E-state index >= 15 is 0 Å². The topological polar surface area (TPSA) is 19.0 Å². The Bertz CT molecular complexity index is 1270. The molecule has 1 atom stereocenters. The fourth-order valence-corrected chi connectivity index (χ4v) is 5.72. The van der Waals surface area contributed by atoms with Gasteiger partial charge >= 0.3 is 0 Å². The highest BCUT2D eigenvalue weighted by Crippen LogP contribution is 2.43. The molecule has 0 saturated carbocycles. The molecule has 0 spiro atoms. The fraction of sp³-hybridized carbons (Fsp3) is 0.273. The summed E-state index contributed by atoms with van der Waals surface area (Å²) in [4.78, 5) is 7.48. The van der Waals surface area contributed by atoms with Crippen molar-refractivity contribution in [1.29, 1.82) is 0 Å². The van der Waals surface area contributed by atoms with Crippen molar-refractivity contribution in [3.8, 4) is 5.75 Å². The fourth-order valence-electron chi connectivity index (χ4n) is 5.72. The van der Waals surface area contributed by atoms with Gasteiger partial charge in [0.25, 0.3) is 0 Å². The van der Waals surface area contributed by atoms with Crippen LogP contribution in [0.2, 0.25) is 0 Å². The predicted molar refractivity (Wildman–Crippen MR) is 153 cm³/mol. The van der Waals surface area contributed by atoms with Gasteiger partial charge in [-0.05, 0) is 66.4 Å². The van der Waals surface area contributed by atoms with Crippen LogP contribution in [-0.2, 0) is 6.42 Å². The molecule has 2 heterocycles. The highest BCUT2D eigenvalue weighted by atomic mass is 16.5. The van der Waals surface area contributed by atoms with Gasteiger partial charge in [-0.1, -0.05) is 66.7 Å². The van der Waals surface area contributed by atoms with Crippen LogP contribution in [-0.4, -0.2) is 44.2 Å². The molecule has 2 aliphatic rings. The number of benzene rings is 4. The summed E-state index contributed by atoms with van der Waals surface area (Å²) in [6.45, 7) is 5.96. The van der Waals surface area contributed by atoms with Crippen molar-refractivity contribution in [1.82, 2.24) is 4.90 Å². The average Bonchev–Trinajstić information content (AvgIpc) is 2.98. The maximum absolute atomic E-state index is 6.17. The Morgan fingerprint density at radius 3 is 2.08 bits per heavy atom. The molecule has 1 unspecified atom stereocenters. The summed E-state index contributed by atoms with van der Waals surface area (Å²) >= 11 is 0. The molecule has 0 amide bonds. The van der Waals surface area contributed by atoms with Crippen molar-refractivity contribution in [2.24, 2.45) is 0 Å². The minimum absolute atomic E-state index is 0.331. The zero-order chi connectivity index (χ0) is 24.9. The van der Waals surface area contributed by atoms with Crippen molar-refractivity contribution < 1.29 is 4.74 Å². The van der Waals surface area contributed by atoms with E-state index in [2.05, 4.69) is 124 Å². The first-order valence-electron chi connectivity index (χ1n) is 13.5. The molecule has 2 aliphatic heterocycles. The van der Waals surface area contributed by atoms with E-state index in [1.165, 1.54) is 28.2 Å². The summed E-state index contributed by atoms with van der Waals surface area (Å²) in [6, 6.07) is 39.4. The van der Waals surface area contributed by atoms with Gasteiger partial charge in [0.2, 0.25) is 0 Å². The number of ether oxygens (including phenoxy) is 1. The van der Waals surface area contributed by atoms with Crippen LogP contribution in [0.5, 0.6) is 5.75 Å². The van der Waals surface area contributed by atoms with Gasteiger partial charge in [0.1, 0.15) is 12.4 Å². The van der Waals surface area contributed by atoms with Crippen LogP contribution in [0.1, 0.15) is 23.6 Å². The van der Waals surface area contributed by atoms with Gasteiger partial charge < -0.3 is 14.5 Å². The third-order valence-electron chi connectivity index (χ3n) is 7.72. The van der Waals surface area contributed by atoms with Gasteiger partial charge in [-0.15, -0.1) is 0 Å². The number of hydrogen-bond acceptors (Lipinski definition) is 4. The highest BCUT2D eigenvalue weighted by molar-refractivity contribution is 5.70. The second-order valence-corrected chi connectivity index (χ2v) is 9.97. The zero-order valence-electron chi connectivity index (χ0n) is 21.4. The Morgan fingerprint density at radius 2 is 1.32 bits per heavy atom. The monoisotopic (exact) mass is 489 g/mol. The Hall–Kier alpha value is -3.76. The van der Waals surface area contributed by atoms with Crippen molar-refractivity contribution in [2.45, 2.75) is 18.9 Å². The lowest BCUT2D eigenvalue weighted by molar-refractivity contribution is 0.200. The van der Waals surface area contributed by atoms with E-state index in [1.54, 1.807) is 0 Å². The molecule has 4 aromatic rings. The standard InChI is InChI=1S/C33H35N3O/c1-3-9-27(10-4-1)33-20-15-28-11-7-8-14-32(28)36(33)30-16-18-31(19-17-30)37-26-25-34-21-23-35(24-22-34)29-12-5-2-6-13-29/h1-14,16-19,33H,15,20-26H2. The SMILES string of the molecule is c1ccc(C2CCc3ccccc3N2c2ccc(OCCN3CCN(c4ccccc4)CC3)cc2)cc1. The van der Waals surface area contributed by atoms with Gasteiger partial charge in [0.15, 0.2) is 0 Å². The summed E-state index contributed by atoms with van der Waals surface area (Å²) in [5.74, 6) is 0.938. The number of nitrogens with zero attached hydrogens (tertiary/aromatic N) is 3. The number of rotatable bonds is 7. The lowest BCUT2D eigenvalue weighted by Crippen LogP contribution is -2.47. The van der Waals surface area contributed by atoms with Crippen molar-refractivity contribution in [3.05, 3.63) is 120 Å². The van der Waals surface area contributed by atoms with E-state index in [-0.39, 0.29) is 0 Å². The van der Waals surface area contributed by atoms with Crippen LogP contribution in [0, 0.1) is 0 Å². The van der Waals surface area contributed by atoms with Crippen molar-refractivity contribution >= 4 is 17.1 Å². The molecule has 1 fully saturated rings. The molecule has 4 aromatic carbocycles. The first-order chi connectivity index (χ1) is 18.3. The van der Waals surface area contributed by atoms with Gasteiger partial charge in [0.05, 0.1) is 6.04 Å². The van der Waals surface area contributed by atoms with Crippen LogP contribution in [0.25, 0.3) is 0 Å². The lowest BCUT2D eigenvalue weighted by Gasteiger charge is -2.39. The quantitative estimate of drug-likeness (QED) is 0.287. The van der Waals surface area contributed by atoms with Crippen LogP contribution >= 0.6 is 0 Å². The van der Waals surface area contributed by atoms with Gasteiger partial charge in [-0.3, -0.25) is 4.90 Å². The zero-order valence-corrected chi connectivity index (χ0v) is 21.4. The Morgan fingerprint density at radius 1 is 0.649 bits per heavy atom. The van der Waals surface area contributed by atoms with E-state index in [1.807, 2.05) is 0 Å². The molecule has 4 heteroatoms. The molecule has 37 heavy (non-hydrogen) atoms. The lowest BCUT2D eigenvalue weighted by atomic mass is 9.90. The summed E-state index contributed by atoms with van der Waals surface area (Å²) < 4.78 is 6.17. The van der Waals surface area contributed by atoms with Crippen LogP contribution in [0.15, 0.2) is 109 Å². The predicted octanol–water partition coefficient (Wildman–Crippen LogP) is 6.71. The normalized spacial score (nSPS) is 17.9. The Kier molecular flexibility index (Phi) is 7.09. The highest BCUT2D eigenvalue weighted by Gasteiger charge is 2.28. The Balaban J connectivity index is 1.08. The van der Waals surface area contributed by atoms with E-state index in [9.17, 15) is 0 Å². The van der Waals surface area contributed by atoms with E-state index < -0.39 is 0 Å². The van der Waals surface area contributed by atoms with E-state index in [4.69, 9.17) is 4.74 Å². The van der Waals surface area contributed by atoms with Gasteiger partial charge in [-0.2, -0.15) is 0 Å². The van der Waals surface area contributed by atoms with Crippen LogP contribution in [0.3, 0.4) is 0 Å². The first-order valence-corrected chi connectivity index (χ1v) is 13.5. The second kappa shape index (κ2) is 11.1. The van der Waals surface area contributed by atoms with Crippen LogP contribution in [0.4, 0.5) is 17.1 Å². The maximum Gasteiger partial charge on any atom is 0.119 e. The molecule has 6 rings (SSSR count). The smallest absolute Gasteiger partial charge is 0.119 e. The molecule has 1 saturated heterocycles. The first kappa shape index (κ1) is 23.6. The molecule has 188 valence electrons. The Labute approximate surface area is 220 Å². The summed E-state index contributed by atoms with van der Waals surface area (Å²) in [6.07, 6.45) is 2.21. The third-order valence-corrected chi connectivity index (χ3v) is 7.72. The molecular weight excluding hydrogens is 454 g/mol. The average molecular weight is 490 g/mol. The summed E-state index contributed by atoms with van der Waals surface area (Å²) in [7, 11) is 0. The number of piperazine rings is 1. The summed E-state index contributed by atoms with van der Waals surface area (Å²) in [5.41, 5.74) is 6.63. The molecule has 4 nitrogen and oxygen atoms in total. The van der Waals surface area contributed by atoms with Crippen molar-refractivity contribution in [2.75, 3.05) is 49.1 Å². The molecule has 0 radical (unpaired) electrons. The number of para-hydroxylation sites is 2. The minimum Gasteiger partial charge on any atom is -0.492 e. The molecule has 0 aromatic heterocycles. The molecule has 0 bridgehead atoms. The largest absolute Gasteiger partial charge is 0.492 e. The van der Waals surface area contributed by atoms with E-state index in [0.717, 1.165) is 51.3 Å². The number of anilines is 3. The number of fused-ring (bicyclic) bond motifs is 1. The minimum atomic E-state index is 0.331. The van der Waals surface area contributed by atoms with Crippen LogP contribution < -0.4 is 14.5 Å².